The van der Waals surface area contributed by atoms with Gasteiger partial charge >= 0.3 is 308 Å². The second kappa shape index (κ2) is 48.3. The normalized spacial score (nSPS) is 11.0. The van der Waals surface area contributed by atoms with Gasteiger partial charge in [0.1, 0.15) is 78.2 Å². The molecule has 0 saturated heterocycles. The van der Waals surface area contributed by atoms with E-state index in [1.165, 1.54) is 6.07 Å². The van der Waals surface area contributed by atoms with Crippen LogP contribution in [0.25, 0.3) is 12.2 Å². The molecule has 448 valence electrons. The summed E-state index contributed by atoms with van der Waals surface area (Å²) >= 11 is 0. The Morgan fingerprint density at radius 2 is 0.894 bits per heavy atom. The number of hydrogen-bond donors (Lipinski definition) is 3. The van der Waals surface area contributed by atoms with Crippen molar-refractivity contribution < 1.29 is 412 Å². The summed E-state index contributed by atoms with van der Waals surface area (Å²) in [5, 5.41) is 29.5. The molecule has 0 aliphatic carbocycles. The molecular formula is C43H29N9Na10O26S6. The van der Waals surface area contributed by atoms with Crippen molar-refractivity contribution >= 4 is 126 Å². The van der Waals surface area contributed by atoms with Gasteiger partial charge in [-0.05, 0) is 76.9 Å². The van der Waals surface area contributed by atoms with Crippen molar-refractivity contribution in [1.29, 1.82) is 0 Å². The Hall–Kier alpha value is 1.20. The third kappa shape index (κ3) is 36.1. The predicted molar refractivity (Wildman–Crippen MR) is 260 cm³/mol. The molecule has 3 N–H and O–H groups in total. The number of aliphatic carboxylic acids is 2. The van der Waals surface area contributed by atoms with Crippen molar-refractivity contribution in [2.24, 2.45) is 0 Å². The average molecular weight is 1510 g/mol. The standard InChI is InChI=1S/C41H37N9O22S6.2CO2.10Na/c1-21(38(53)54)42-39-48-36(18-25-17-27(73(55,56)57)11-13-30(25)75(61,62)63)49-40(50-39)43-26-10-9-24(33(19-26)78(70,71)72)8-7-23-6-5-22(15-32(23)77(67,68)69)16-35-45-34(3-2-4-37(51)52)46-41(47-35)44-29-20-28(74(58,59)60)12-14-31(29)76(64,65)66;2*2-1-3;;;;;;;;;;/h2,5-15,17,19-21H,1,3-4,16,18H2,(H,51,52)(H,53,54)(H,55,56,57)(H,58,59,60)(H,61,62,63)(H,64,65,66)(H,67,68,69)(H,70,71,72)(H,44,45,46,47)(H2,42,43,48,49,50);;;;;;;;;;;;/q-2;;;10*+1/p-8/b8-7+;;;;;;;;;;;;. The number of anilines is 5. The molecule has 35 nitrogen and oxygen atoms in total. The first kappa shape index (κ1) is 109. The van der Waals surface area contributed by atoms with Crippen molar-refractivity contribution in [3.8, 4) is 0 Å². The smallest absolute Gasteiger partial charge is 0.744 e. The van der Waals surface area contributed by atoms with Gasteiger partial charge in [0, 0.05) is 30.5 Å². The molecule has 0 aliphatic rings. The van der Waals surface area contributed by atoms with Gasteiger partial charge in [0.25, 0.3) is 0 Å². The first-order valence-corrected chi connectivity index (χ1v) is 30.0. The second-order valence-electron chi connectivity index (χ2n) is 15.9. The van der Waals surface area contributed by atoms with E-state index in [1.54, 1.807) is 0 Å². The number of hydrogen-bond acceptors (Lipinski definition) is 35. The molecule has 2 heterocycles. The van der Waals surface area contributed by atoms with Crippen LogP contribution in [0.3, 0.4) is 0 Å². The number of nitrogens with zero attached hydrogens (tertiary/aromatic N) is 6. The van der Waals surface area contributed by atoms with Crippen LogP contribution in [0, 0.1) is 13.3 Å². The molecule has 4 aromatic carbocycles. The van der Waals surface area contributed by atoms with Crippen molar-refractivity contribution in [2.75, 3.05) is 16.0 Å². The van der Waals surface area contributed by atoms with Gasteiger partial charge < -0.3 is 76.4 Å². The van der Waals surface area contributed by atoms with Crippen LogP contribution < -0.4 is 322 Å². The zero-order chi connectivity index (χ0) is 63.3. The number of carbonyl (C=O) groups is 2. The molecule has 1 unspecified atom stereocenters. The molecule has 1 atom stereocenters. The molecule has 0 bridgehead atoms. The fourth-order valence-electron chi connectivity index (χ4n) is 6.71. The van der Waals surface area contributed by atoms with Gasteiger partial charge in [-0.3, -0.25) is 0 Å². The third-order valence-electron chi connectivity index (χ3n) is 10.0. The molecule has 0 radical (unpaired) electrons. The number of aromatic nitrogens is 6. The third-order valence-corrected chi connectivity index (χ3v) is 15.3. The Balaban J connectivity index is -0.000000910. The summed E-state index contributed by atoms with van der Waals surface area (Å²) in [4.78, 5) is 73.1. The van der Waals surface area contributed by atoms with Gasteiger partial charge in [-0.15, -0.1) is 12.8 Å². The van der Waals surface area contributed by atoms with Crippen molar-refractivity contribution in [2.45, 2.75) is 61.1 Å². The zero-order valence-electron chi connectivity index (χ0n) is 51.0. The minimum atomic E-state index is -5.48. The molecule has 0 amide bonds. The average Bonchev–Trinajstić information content (AvgIpc) is 0.815. The summed E-state index contributed by atoms with van der Waals surface area (Å²) in [6.45, 7) is 3.28. The van der Waals surface area contributed by atoms with Gasteiger partial charge in [-0.1, -0.05) is 36.4 Å². The molecule has 0 saturated carbocycles. The number of nitrogens with one attached hydrogen (secondary N) is 3. The van der Waals surface area contributed by atoms with Crippen LogP contribution >= 0.6 is 0 Å². The van der Waals surface area contributed by atoms with Crippen LogP contribution in [0.1, 0.15) is 46.1 Å². The fourth-order valence-corrected chi connectivity index (χ4v) is 10.4. The van der Waals surface area contributed by atoms with E-state index in [1.807, 2.05) is 0 Å². The van der Waals surface area contributed by atoms with Crippen molar-refractivity contribution in [3.05, 3.63) is 126 Å². The largest absolute Gasteiger partial charge is 1.00 e. The van der Waals surface area contributed by atoms with E-state index in [-0.39, 0.29) is 337 Å². The van der Waals surface area contributed by atoms with E-state index < -0.39 is 173 Å². The molecule has 6 rings (SSSR count). The van der Waals surface area contributed by atoms with E-state index in [0.29, 0.717) is 42.5 Å². The zero-order valence-corrected chi connectivity index (χ0v) is 75.9. The first-order valence-electron chi connectivity index (χ1n) is 21.6. The van der Waals surface area contributed by atoms with E-state index >= 15 is 0 Å². The molecular weight excluding hydrogens is 1480 g/mol. The second-order valence-corrected chi connectivity index (χ2v) is 24.0. The predicted octanol–water partition coefficient (Wildman–Crippen LogP) is -33.6. The van der Waals surface area contributed by atoms with Crippen LogP contribution in [0.15, 0.2) is 102 Å². The van der Waals surface area contributed by atoms with E-state index in [9.17, 15) is 97.6 Å². The maximum Gasteiger partial charge on any atom is 1.00 e. The number of carbonyl (C=O) groups excluding carboxylic acids is 6. The monoisotopic (exact) mass is 1510 g/mol. The van der Waals surface area contributed by atoms with Crippen LogP contribution in [0.5, 0.6) is 0 Å². The Kier molecular flexibility index (Phi) is 55.8. The molecule has 0 fully saturated rings. The summed E-state index contributed by atoms with van der Waals surface area (Å²) in [5.41, 5.74) is -2.61. The maximum absolute atomic E-state index is 12.6. The molecule has 0 spiro atoms. The van der Waals surface area contributed by atoms with Crippen LogP contribution in [-0.4, -0.2) is 138 Å². The molecule has 51 heteroatoms. The summed E-state index contributed by atoms with van der Waals surface area (Å²) in [6, 6.07) is 7.34. The quantitative estimate of drug-likeness (QED) is 0.0232. The molecule has 94 heavy (non-hydrogen) atoms. The first-order chi connectivity index (χ1) is 38.8. The topological polar surface area (TPSA) is 605 Å². The van der Waals surface area contributed by atoms with Gasteiger partial charge in [0.2, 0.25) is 17.8 Å². The minimum absolute atomic E-state index is 0. The van der Waals surface area contributed by atoms with Crippen LogP contribution in [0.2, 0.25) is 0 Å². The summed E-state index contributed by atoms with van der Waals surface area (Å²) in [5.74, 6) is -6.28. The van der Waals surface area contributed by atoms with Crippen LogP contribution in [-0.2, 0) is 109 Å². The Bertz CT molecular complexity index is 4400. The fraction of sp³-hybridized carbons (Fsp3) is 0.116. The molecule has 0 aliphatic heterocycles. The Morgan fingerprint density at radius 1 is 0.479 bits per heavy atom. The van der Waals surface area contributed by atoms with Gasteiger partial charge in [-0.25, -0.2) is 60.5 Å². The number of carboxylic acids is 2. The number of rotatable bonds is 23. The van der Waals surface area contributed by atoms with Crippen molar-refractivity contribution in [1.82, 2.24) is 29.9 Å². The maximum atomic E-state index is 12.6. The van der Waals surface area contributed by atoms with Gasteiger partial charge in [0.15, 0.2) is 0 Å². The van der Waals surface area contributed by atoms with Crippen LogP contribution in [0.4, 0.5) is 29.2 Å². The SMILES string of the molecule is O=C=O.O=C=O.[CH2-]C(Nc1nc(Cc2cc(S(=O)(=O)[O-])ccc2S(=O)(=O)[O-])nc(Nc2ccc(/C=C/c3ccc(Cc4nc(C[CH-]CC(=O)[O-])nc(Nc5cc(S(=O)(=O)[O-])ccc5S(=O)(=O)[O-])n4)cc3S(=O)(=O)[O-])c(S(=O)(=O)[O-])c2)n1)C(=O)[O-].[Na+].[Na+].[Na+].[Na+].[Na+].[Na+].[Na+].[Na+].[Na+].[Na+]. The number of carboxylic acid groups (broad SMARTS) is 2. The molecule has 6 aromatic rings. The van der Waals surface area contributed by atoms with Gasteiger partial charge in [0.05, 0.1) is 35.1 Å². The van der Waals surface area contributed by atoms with E-state index in [0.717, 1.165) is 42.8 Å². The summed E-state index contributed by atoms with van der Waals surface area (Å²) in [6.07, 6.45) is 1.13. The van der Waals surface area contributed by atoms with E-state index in [4.69, 9.17) is 19.2 Å². The Morgan fingerprint density at radius 3 is 1.35 bits per heavy atom. The summed E-state index contributed by atoms with van der Waals surface area (Å²) in [7, 11) is -32.1. The van der Waals surface area contributed by atoms with E-state index in [2.05, 4.69) is 52.8 Å². The molecule has 2 aromatic heterocycles. The number of benzene rings is 4. The Labute approximate surface area is 757 Å². The van der Waals surface area contributed by atoms with Crippen molar-refractivity contribution in [3.63, 3.8) is 0 Å². The minimum Gasteiger partial charge on any atom is -0.744 e. The summed E-state index contributed by atoms with van der Waals surface area (Å²) < 4.78 is 218. The van der Waals surface area contributed by atoms with Gasteiger partial charge in [-0.2, -0.15) is 39.1 Å².